The summed E-state index contributed by atoms with van der Waals surface area (Å²) >= 11 is 0. The van der Waals surface area contributed by atoms with Crippen molar-refractivity contribution in [2.24, 2.45) is 0 Å². The number of amides is 1. The molecule has 1 aliphatic carbocycles. The maximum Gasteiger partial charge on any atom is 0.221 e. The Morgan fingerprint density at radius 1 is 1.14 bits per heavy atom. The summed E-state index contributed by atoms with van der Waals surface area (Å²) in [5.41, 5.74) is 1.31. The molecular formula is C19H30N2O. The van der Waals surface area contributed by atoms with E-state index in [1.54, 1.807) is 0 Å². The SMILES string of the molecule is CCN(CCC(=O)NC1CCCCCC1)Cc1ccccc1. The highest BCUT2D eigenvalue weighted by Crippen LogP contribution is 2.17. The van der Waals surface area contributed by atoms with Crippen molar-refractivity contribution in [3.8, 4) is 0 Å². The zero-order valence-electron chi connectivity index (χ0n) is 13.9. The van der Waals surface area contributed by atoms with E-state index in [9.17, 15) is 4.79 Å². The van der Waals surface area contributed by atoms with E-state index in [-0.39, 0.29) is 5.91 Å². The van der Waals surface area contributed by atoms with E-state index in [0.717, 1.165) is 32.5 Å². The Bertz CT molecular complexity index is 424. The van der Waals surface area contributed by atoms with Gasteiger partial charge < -0.3 is 5.32 Å². The number of rotatable bonds is 7. The van der Waals surface area contributed by atoms with E-state index in [4.69, 9.17) is 0 Å². The number of carbonyl (C=O) groups excluding carboxylic acids is 1. The third-order valence-electron chi connectivity index (χ3n) is 4.57. The zero-order chi connectivity index (χ0) is 15.6. The van der Waals surface area contributed by atoms with Gasteiger partial charge in [0.05, 0.1) is 0 Å². The Morgan fingerprint density at radius 2 is 1.82 bits per heavy atom. The van der Waals surface area contributed by atoms with E-state index >= 15 is 0 Å². The Labute approximate surface area is 135 Å². The summed E-state index contributed by atoms with van der Waals surface area (Å²) in [4.78, 5) is 14.5. The van der Waals surface area contributed by atoms with Crippen molar-refractivity contribution in [3.05, 3.63) is 35.9 Å². The van der Waals surface area contributed by atoms with Gasteiger partial charge in [-0.15, -0.1) is 0 Å². The number of nitrogens with one attached hydrogen (secondary N) is 1. The first-order chi connectivity index (χ1) is 10.8. The highest BCUT2D eigenvalue weighted by Gasteiger charge is 2.15. The topological polar surface area (TPSA) is 32.3 Å². The van der Waals surface area contributed by atoms with Gasteiger partial charge in [0.25, 0.3) is 0 Å². The second kappa shape index (κ2) is 9.62. The summed E-state index contributed by atoms with van der Waals surface area (Å²) in [5.74, 6) is 0.221. The lowest BCUT2D eigenvalue weighted by Gasteiger charge is -2.21. The monoisotopic (exact) mass is 302 g/mol. The van der Waals surface area contributed by atoms with E-state index < -0.39 is 0 Å². The van der Waals surface area contributed by atoms with Crippen molar-refractivity contribution in [1.82, 2.24) is 10.2 Å². The Balaban J connectivity index is 1.71. The largest absolute Gasteiger partial charge is 0.353 e. The van der Waals surface area contributed by atoms with Crippen LogP contribution in [-0.2, 0) is 11.3 Å². The lowest BCUT2D eigenvalue weighted by Crippen LogP contribution is -2.36. The molecular weight excluding hydrogens is 272 g/mol. The Kier molecular flexibility index (Phi) is 7.44. The molecule has 3 nitrogen and oxygen atoms in total. The standard InChI is InChI=1S/C19H30N2O/c1-2-21(16-17-10-6-5-7-11-17)15-14-19(22)20-18-12-8-3-4-9-13-18/h5-7,10-11,18H,2-4,8-9,12-16H2,1H3,(H,20,22). The van der Waals surface area contributed by atoms with Crippen LogP contribution < -0.4 is 5.32 Å². The highest BCUT2D eigenvalue weighted by molar-refractivity contribution is 5.76. The zero-order valence-corrected chi connectivity index (χ0v) is 13.9. The molecule has 0 unspecified atom stereocenters. The minimum atomic E-state index is 0.221. The summed E-state index contributed by atoms with van der Waals surface area (Å²) in [6.45, 7) is 4.90. The van der Waals surface area contributed by atoms with Crippen LogP contribution in [0, 0.1) is 0 Å². The van der Waals surface area contributed by atoms with Gasteiger partial charge in [0, 0.05) is 25.6 Å². The molecule has 1 aromatic rings. The van der Waals surface area contributed by atoms with Crippen LogP contribution >= 0.6 is 0 Å². The van der Waals surface area contributed by atoms with Crippen LogP contribution in [0.15, 0.2) is 30.3 Å². The summed E-state index contributed by atoms with van der Waals surface area (Å²) in [5, 5.41) is 3.24. The number of nitrogens with zero attached hydrogens (tertiary/aromatic N) is 1. The fourth-order valence-corrected chi connectivity index (χ4v) is 3.17. The molecule has 1 aliphatic rings. The lowest BCUT2D eigenvalue weighted by molar-refractivity contribution is -0.122. The molecule has 1 fully saturated rings. The molecule has 0 radical (unpaired) electrons. The second-order valence-electron chi connectivity index (χ2n) is 6.36. The average molecular weight is 302 g/mol. The second-order valence-corrected chi connectivity index (χ2v) is 6.36. The van der Waals surface area contributed by atoms with Crippen LogP contribution in [0.4, 0.5) is 0 Å². The van der Waals surface area contributed by atoms with Crippen molar-refractivity contribution in [2.75, 3.05) is 13.1 Å². The van der Waals surface area contributed by atoms with Crippen molar-refractivity contribution >= 4 is 5.91 Å². The first-order valence-corrected chi connectivity index (χ1v) is 8.83. The van der Waals surface area contributed by atoms with Crippen LogP contribution in [0.2, 0.25) is 0 Å². The molecule has 0 saturated heterocycles. The van der Waals surface area contributed by atoms with Crippen LogP contribution in [0.5, 0.6) is 0 Å². The van der Waals surface area contributed by atoms with Crippen LogP contribution in [-0.4, -0.2) is 29.9 Å². The normalized spacial score (nSPS) is 16.5. The van der Waals surface area contributed by atoms with Crippen LogP contribution in [0.3, 0.4) is 0 Å². The molecule has 0 spiro atoms. The summed E-state index contributed by atoms with van der Waals surface area (Å²) in [6.07, 6.45) is 8.11. The summed E-state index contributed by atoms with van der Waals surface area (Å²) in [7, 11) is 0. The Hall–Kier alpha value is -1.35. The van der Waals surface area contributed by atoms with Crippen LogP contribution in [0.25, 0.3) is 0 Å². The van der Waals surface area contributed by atoms with Crippen molar-refractivity contribution in [2.45, 2.75) is 64.5 Å². The predicted molar refractivity (Wildman–Crippen MR) is 91.6 cm³/mol. The van der Waals surface area contributed by atoms with Gasteiger partial charge in [-0.3, -0.25) is 9.69 Å². The minimum Gasteiger partial charge on any atom is -0.353 e. The van der Waals surface area contributed by atoms with E-state index in [0.29, 0.717) is 12.5 Å². The van der Waals surface area contributed by atoms with Gasteiger partial charge in [-0.2, -0.15) is 0 Å². The molecule has 22 heavy (non-hydrogen) atoms. The average Bonchev–Trinajstić information content (AvgIpc) is 2.81. The molecule has 1 aromatic carbocycles. The highest BCUT2D eigenvalue weighted by atomic mass is 16.1. The number of benzene rings is 1. The molecule has 0 bridgehead atoms. The van der Waals surface area contributed by atoms with Gasteiger partial charge in [-0.25, -0.2) is 0 Å². The minimum absolute atomic E-state index is 0.221. The van der Waals surface area contributed by atoms with Gasteiger partial charge in [0.15, 0.2) is 0 Å². The molecule has 0 aromatic heterocycles. The Morgan fingerprint density at radius 3 is 2.45 bits per heavy atom. The molecule has 0 heterocycles. The maximum absolute atomic E-state index is 12.2. The maximum atomic E-state index is 12.2. The lowest BCUT2D eigenvalue weighted by atomic mass is 10.1. The smallest absolute Gasteiger partial charge is 0.221 e. The fourth-order valence-electron chi connectivity index (χ4n) is 3.17. The first kappa shape index (κ1) is 17.0. The summed E-state index contributed by atoms with van der Waals surface area (Å²) < 4.78 is 0. The number of carbonyl (C=O) groups is 1. The van der Waals surface area contributed by atoms with Crippen molar-refractivity contribution in [1.29, 1.82) is 0 Å². The molecule has 1 saturated carbocycles. The van der Waals surface area contributed by atoms with E-state index in [2.05, 4.69) is 41.4 Å². The van der Waals surface area contributed by atoms with Gasteiger partial charge in [0.1, 0.15) is 0 Å². The fraction of sp³-hybridized carbons (Fsp3) is 0.632. The van der Waals surface area contributed by atoms with Crippen molar-refractivity contribution in [3.63, 3.8) is 0 Å². The number of hydrogen-bond acceptors (Lipinski definition) is 2. The van der Waals surface area contributed by atoms with Crippen molar-refractivity contribution < 1.29 is 4.79 Å². The predicted octanol–water partition coefficient (Wildman–Crippen LogP) is 3.74. The van der Waals surface area contributed by atoms with Gasteiger partial charge in [-0.1, -0.05) is 62.9 Å². The van der Waals surface area contributed by atoms with Crippen LogP contribution in [0.1, 0.15) is 57.4 Å². The third kappa shape index (κ3) is 6.18. The molecule has 3 heteroatoms. The molecule has 122 valence electrons. The first-order valence-electron chi connectivity index (χ1n) is 8.83. The molecule has 2 rings (SSSR count). The van der Waals surface area contributed by atoms with Gasteiger partial charge in [-0.05, 0) is 24.9 Å². The molecule has 1 N–H and O–H groups in total. The van der Waals surface area contributed by atoms with Gasteiger partial charge >= 0.3 is 0 Å². The molecule has 0 aliphatic heterocycles. The number of hydrogen-bond donors (Lipinski definition) is 1. The third-order valence-corrected chi connectivity index (χ3v) is 4.57. The molecule has 0 atom stereocenters. The van der Waals surface area contributed by atoms with E-state index in [1.165, 1.54) is 31.2 Å². The van der Waals surface area contributed by atoms with E-state index in [1.807, 2.05) is 6.07 Å². The summed E-state index contributed by atoms with van der Waals surface area (Å²) in [6, 6.07) is 10.9. The molecule has 1 amide bonds. The van der Waals surface area contributed by atoms with Gasteiger partial charge in [0.2, 0.25) is 5.91 Å². The quantitative estimate of drug-likeness (QED) is 0.778.